The predicted octanol–water partition coefficient (Wildman–Crippen LogP) is 4.54. The summed E-state index contributed by atoms with van der Waals surface area (Å²) < 4.78 is 13.6. The Bertz CT molecular complexity index is 538. The molecule has 0 bridgehead atoms. The van der Waals surface area contributed by atoms with Crippen LogP contribution in [0.1, 0.15) is 37.3 Å². The Labute approximate surface area is 127 Å². The summed E-state index contributed by atoms with van der Waals surface area (Å²) in [4.78, 5) is 0. The summed E-state index contributed by atoms with van der Waals surface area (Å²) in [6.07, 6.45) is 1.82. The van der Waals surface area contributed by atoms with E-state index in [9.17, 15) is 4.39 Å². The molecule has 0 aliphatic heterocycles. The minimum Gasteiger partial charge on any atom is -0.314 e. The molecule has 2 rings (SSSR count). The molecule has 0 aliphatic rings. The van der Waals surface area contributed by atoms with Gasteiger partial charge in [-0.05, 0) is 49.4 Å². The summed E-state index contributed by atoms with van der Waals surface area (Å²) >= 11 is 0. The molecule has 2 aromatic carbocycles. The zero-order chi connectivity index (χ0) is 15.1. The lowest BCUT2D eigenvalue weighted by Crippen LogP contribution is -2.29. The highest BCUT2D eigenvalue weighted by Gasteiger charge is 2.08. The van der Waals surface area contributed by atoms with E-state index in [1.807, 2.05) is 18.2 Å². The highest BCUT2D eigenvalue weighted by Crippen LogP contribution is 2.17. The van der Waals surface area contributed by atoms with E-state index < -0.39 is 0 Å². The van der Waals surface area contributed by atoms with Gasteiger partial charge in [0.05, 0.1) is 0 Å². The molecule has 0 radical (unpaired) electrons. The molecule has 0 amide bonds. The number of benzene rings is 2. The molecular weight excluding hydrogens is 261 g/mol. The van der Waals surface area contributed by atoms with Crippen molar-refractivity contribution < 1.29 is 4.39 Å². The van der Waals surface area contributed by atoms with Crippen molar-refractivity contribution in [1.29, 1.82) is 0 Å². The van der Waals surface area contributed by atoms with E-state index in [2.05, 4.69) is 43.4 Å². The lowest BCUT2D eigenvalue weighted by Gasteiger charge is -2.17. The smallest absolute Gasteiger partial charge is 0.126 e. The molecule has 0 aliphatic carbocycles. The first-order chi connectivity index (χ1) is 10.2. The molecule has 112 valence electrons. The Hall–Kier alpha value is -1.67. The molecule has 2 atom stereocenters. The molecular formula is C19H24FN. The van der Waals surface area contributed by atoms with Crippen molar-refractivity contribution in [3.8, 4) is 0 Å². The van der Waals surface area contributed by atoms with Crippen molar-refractivity contribution in [3.05, 3.63) is 71.5 Å². The number of hydrogen-bond donors (Lipinski definition) is 1. The molecule has 0 saturated heterocycles. The van der Waals surface area contributed by atoms with Crippen molar-refractivity contribution in [1.82, 2.24) is 5.32 Å². The van der Waals surface area contributed by atoms with Crippen LogP contribution in [-0.4, -0.2) is 12.6 Å². The predicted molar refractivity (Wildman–Crippen MR) is 87.0 cm³/mol. The van der Waals surface area contributed by atoms with Crippen molar-refractivity contribution in [3.63, 3.8) is 0 Å². The second-order valence-electron chi connectivity index (χ2n) is 5.75. The van der Waals surface area contributed by atoms with Crippen molar-refractivity contribution >= 4 is 0 Å². The van der Waals surface area contributed by atoms with Crippen LogP contribution in [-0.2, 0) is 6.42 Å². The summed E-state index contributed by atoms with van der Waals surface area (Å²) in [6, 6.07) is 17.9. The fraction of sp³-hybridized carbons (Fsp3) is 0.368. The second-order valence-corrected chi connectivity index (χ2v) is 5.75. The molecule has 0 aromatic heterocycles. The quantitative estimate of drug-likeness (QED) is 0.787. The highest BCUT2D eigenvalue weighted by molar-refractivity contribution is 5.19. The molecule has 0 spiro atoms. The van der Waals surface area contributed by atoms with Crippen LogP contribution in [0.5, 0.6) is 0 Å². The maximum atomic E-state index is 13.6. The molecule has 0 heterocycles. The van der Waals surface area contributed by atoms with Crippen LogP contribution in [0.3, 0.4) is 0 Å². The van der Waals surface area contributed by atoms with Crippen LogP contribution in [0.25, 0.3) is 0 Å². The third-order valence-corrected chi connectivity index (χ3v) is 3.92. The van der Waals surface area contributed by atoms with E-state index in [-0.39, 0.29) is 11.9 Å². The van der Waals surface area contributed by atoms with Gasteiger partial charge in [0.1, 0.15) is 5.82 Å². The summed E-state index contributed by atoms with van der Waals surface area (Å²) in [5.74, 6) is 0.433. The van der Waals surface area contributed by atoms with Crippen LogP contribution < -0.4 is 5.32 Å². The third-order valence-electron chi connectivity index (χ3n) is 3.92. The molecule has 2 aromatic rings. The Balaban J connectivity index is 1.75. The normalized spacial score (nSPS) is 13.9. The average molecular weight is 285 g/mol. The van der Waals surface area contributed by atoms with Gasteiger partial charge in [-0.3, -0.25) is 0 Å². The molecule has 2 unspecified atom stereocenters. The van der Waals surface area contributed by atoms with Crippen molar-refractivity contribution in [2.75, 3.05) is 6.54 Å². The summed E-state index contributed by atoms with van der Waals surface area (Å²) in [7, 11) is 0. The van der Waals surface area contributed by atoms with E-state index in [1.165, 1.54) is 11.6 Å². The van der Waals surface area contributed by atoms with Crippen LogP contribution in [0.15, 0.2) is 54.6 Å². The first-order valence-corrected chi connectivity index (χ1v) is 7.68. The van der Waals surface area contributed by atoms with Gasteiger partial charge in [-0.1, -0.05) is 55.5 Å². The van der Waals surface area contributed by atoms with Gasteiger partial charge in [-0.25, -0.2) is 4.39 Å². The minimum absolute atomic E-state index is 0.108. The van der Waals surface area contributed by atoms with E-state index in [0.29, 0.717) is 5.92 Å². The number of nitrogens with one attached hydrogen (secondary N) is 1. The Morgan fingerprint density at radius 3 is 2.33 bits per heavy atom. The molecule has 1 nitrogen and oxygen atoms in total. The van der Waals surface area contributed by atoms with Gasteiger partial charge in [0.15, 0.2) is 0 Å². The largest absolute Gasteiger partial charge is 0.314 e. The number of hydrogen-bond acceptors (Lipinski definition) is 1. The van der Waals surface area contributed by atoms with E-state index in [0.717, 1.165) is 24.9 Å². The van der Waals surface area contributed by atoms with Gasteiger partial charge in [0.25, 0.3) is 0 Å². The lowest BCUT2D eigenvalue weighted by molar-refractivity contribution is 0.502. The third kappa shape index (κ3) is 4.98. The summed E-state index contributed by atoms with van der Waals surface area (Å²) in [5, 5.41) is 3.49. The van der Waals surface area contributed by atoms with Gasteiger partial charge in [-0.2, -0.15) is 0 Å². The van der Waals surface area contributed by atoms with Gasteiger partial charge >= 0.3 is 0 Å². The summed E-state index contributed by atoms with van der Waals surface area (Å²) in [6.45, 7) is 5.31. The van der Waals surface area contributed by atoms with Crippen molar-refractivity contribution in [2.24, 2.45) is 0 Å². The number of halogens is 1. The van der Waals surface area contributed by atoms with Gasteiger partial charge < -0.3 is 5.32 Å². The Morgan fingerprint density at radius 1 is 0.952 bits per heavy atom. The second kappa shape index (κ2) is 7.94. The average Bonchev–Trinajstić information content (AvgIpc) is 2.50. The van der Waals surface area contributed by atoms with Gasteiger partial charge in [0, 0.05) is 6.04 Å². The first-order valence-electron chi connectivity index (χ1n) is 7.68. The van der Waals surface area contributed by atoms with Crippen molar-refractivity contribution in [2.45, 2.75) is 38.6 Å². The maximum absolute atomic E-state index is 13.6. The highest BCUT2D eigenvalue weighted by atomic mass is 19.1. The zero-order valence-electron chi connectivity index (χ0n) is 12.9. The Morgan fingerprint density at radius 2 is 1.62 bits per heavy atom. The van der Waals surface area contributed by atoms with Crippen LogP contribution >= 0.6 is 0 Å². The molecule has 2 heteroatoms. The molecule has 0 saturated carbocycles. The fourth-order valence-corrected chi connectivity index (χ4v) is 2.56. The molecule has 1 N–H and O–H groups in total. The number of rotatable bonds is 7. The lowest BCUT2D eigenvalue weighted by atomic mass is 9.97. The summed E-state index contributed by atoms with van der Waals surface area (Å²) in [5.41, 5.74) is 2.16. The maximum Gasteiger partial charge on any atom is 0.126 e. The molecule has 0 fully saturated rings. The topological polar surface area (TPSA) is 12.0 Å². The van der Waals surface area contributed by atoms with Crippen LogP contribution in [0, 0.1) is 5.82 Å². The minimum atomic E-state index is -0.108. The van der Waals surface area contributed by atoms with E-state index in [4.69, 9.17) is 0 Å². The zero-order valence-corrected chi connectivity index (χ0v) is 12.9. The van der Waals surface area contributed by atoms with Crippen LogP contribution in [0.2, 0.25) is 0 Å². The van der Waals surface area contributed by atoms with E-state index >= 15 is 0 Å². The van der Waals surface area contributed by atoms with Crippen LogP contribution in [0.4, 0.5) is 4.39 Å². The molecule has 21 heavy (non-hydrogen) atoms. The fourth-order valence-electron chi connectivity index (χ4n) is 2.56. The van der Waals surface area contributed by atoms with Gasteiger partial charge in [0.2, 0.25) is 0 Å². The SMILES string of the molecule is CC(Cc1ccccc1F)NCCC(C)c1ccccc1. The standard InChI is InChI=1S/C19H24FN/c1-15(17-8-4-3-5-9-17)12-13-21-16(2)14-18-10-6-7-11-19(18)20/h3-11,15-16,21H,12-14H2,1-2H3. The first kappa shape index (κ1) is 15.7. The van der Waals surface area contributed by atoms with E-state index in [1.54, 1.807) is 6.07 Å². The van der Waals surface area contributed by atoms with Gasteiger partial charge in [-0.15, -0.1) is 0 Å². The monoisotopic (exact) mass is 285 g/mol. The Kier molecular flexibility index (Phi) is 5.94.